The summed E-state index contributed by atoms with van der Waals surface area (Å²) in [5.74, 6) is 0. The zero-order valence-electron chi connectivity index (χ0n) is 11.7. The molecule has 0 bridgehead atoms. The van der Waals surface area contributed by atoms with Crippen LogP contribution in [0.15, 0.2) is 24.3 Å². The van der Waals surface area contributed by atoms with E-state index < -0.39 is 0 Å². The highest BCUT2D eigenvalue weighted by molar-refractivity contribution is 5.54. The summed E-state index contributed by atoms with van der Waals surface area (Å²) in [6, 6.07) is 8.80. The topological polar surface area (TPSA) is 18.5 Å². The summed E-state index contributed by atoms with van der Waals surface area (Å²) in [5.41, 5.74) is 2.84. The standard InChI is InChI=1S/C15H25N3/c1-3-8-16-13-14-6-4-5-7-15(14)18-11-9-17(2)10-12-18/h4-7,16H,3,8-13H2,1-2H3. The fourth-order valence-corrected chi connectivity index (χ4v) is 2.42. The zero-order valence-corrected chi connectivity index (χ0v) is 11.7. The van der Waals surface area contributed by atoms with Gasteiger partial charge in [-0.15, -0.1) is 0 Å². The largest absolute Gasteiger partial charge is 0.369 e. The number of nitrogens with one attached hydrogen (secondary N) is 1. The minimum absolute atomic E-state index is 0.982. The third-order valence-electron chi connectivity index (χ3n) is 3.58. The highest BCUT2D eigenvalue weighted by Gasteiger charge is 2.16. The molecular formula is C15H25N3. The van der Waals surface area contributed by atoms with E-state index in [1.807, 2.05) is 0 Å². The number of para-hydroxylation sites is 1. The Hall–Kier alpha value is -1.06. The molecule has 1 aliphatic heterocycles. The Morgan fingerprint density at radius 2 is 1.83 bits per heavy atom. The van der Waals surface area contributed by atoms with Crippen LogP contribution in [0.25, 0.3) is 0 Å². The summed E-state index contributed by atoms with van der Waals surface area (Å²) in [6.45, 7) is 8.89. The summed E-state index contributed by atoms with van der Waals surface area (Å²) < 4.78 is 0. The molecule has 1 aromatic carbocycles. The van der Waals surface area contributed by atoms with E-state index in [1.165, 1.54) is 17.7 Å². The van der Waals surface area contributed by atoms with Crippen molar-refractivity contribution in [2.24, 2.45) is 0 Å². The first kappa shape index (κ1) is 13.4. The summed E-state index contributed by atoms with van der Waals surface area (Å²) in [4.78, 5) is 4.91. The first-order valence-electron chi connectivity index (χ1n) is 7.03. The molecule has 3 nitrogen and oxygen atoms in total. The molecular weight excluding hydrogens is 222 g/mol. The number of rotatable bonds is 5. The molecule has 0 radical (unpaired) electrons. The molecule has 1 fully saturated rings. The molecule has 1 N–H and O–H groups in total. The van der Waals surface area contributed by atoms with E-state index >= 15 is 0 Å². The van der Waals surface area contributed by atoms with Gasteiger partial charge in [0.2, 0.25) is 0 Å². The Morgan fingerprint density at radius 3 is 2.56 bits per heavy atom. The maximum Gasteiger partial charge on any atom is 0.0412 e. The zero-order chi connectivity index (χ0) is 12.8. The smallest absolute Gasteiger partial charge is 0.0412 e. The highest BCUT2D eigenvalue weighted by atomic mass is 15.2. The average Bonchev–Trinajstić information content (AvgIpc) is 2.41. The second-order valence-corrected chi connectivity index (χ2v) is 5.10. The van der Waals surface area contributed by atoms with Crippen LogP contribution in [0.2, 0.25) is 0 Å². The number of benzene rings is 1. The van der Waals surface area contributed by atoms with Gasteiger partial charge in [-0.25, -0.2) is 0 Å². The monoisotopic (exact) mass is 247 g/mol. The summed E-state index contributed by atoms with van der Waals surface area (Å²) in [7, 11) is 2.20. The van der Waals surface area contributed by atoms with Gasteiger partial charge in [-0.3, -0.25) is 0 Å². The van der Waals surface area contributed by atoms with Crippen molar-refractivity contribution in [1.82, 2.24) is 10.2 Å². The lowest BCUT2D eigenvalue weighted by molar-refractivity contribution is 0.312. The molecule has 0 amide bonds. The van der Waals surface area contributed by atoms with Crippen LogP contribution < -0.4 is 10.2 Å². The van der Waals surface area contributed by atoms with Crippen molar-refractivity contribution < 1.29 is 0 Å². The predicted molar refractivity (Wildman–Crippen MR) is 78.1 cm³/mol. The maximum absolute atomic E-state index is 3.50. The molecule has 0 atom stereocenters. The Labute approximate surface area is 111 Å². The summed E-state index contributed by atoms with van der Waals surface area (Å²) in [5, 5.41) is 3.50. The van der Waals surface area contributed by atoms with E-state index in [0.717, 1.165) is 39.3 Å². The number of hydrogen-bond donors (Lipinski definition) is 1. The maximum atomic E-state index is 3.50. The van der Waals surface area contributed by atoms with Gasteiger partial charge in [0.25, 0.3) is 0 Å². The molecule has 0 saturated carbocycles. The normalized spacial score (nSPS) is 17.1. The van der Waals surface area contributed by atoms with Crippen LogP contribution in [0.4, 0.5) is 5.69 Å². The molecule has 2 rings (SSSR count). The van der Waals surface area contributed by atoms with Crippen molar-refractivity contribution in [2.75, 3.05) is 44.7 Å². The van der Waals surface area contributed by atoms with Gasteiger partial charge < -0.3 is 15.1 Å². The third-order valence-corrected chi connectivity index (χ3v) is 3.58. The molecule has 0 aliphatic carbocycles. The minimum atomic E-state index is 0.982. The van der Waals surface area contributed by atoms with Crippen LogP contribution in [0, 0.1) is 0 Å². The molecule has 0 spiro atoms. The Balaban J connectivity index is 2.02. The van der Waals surface area contributed by atoms with E-state index in [9.17, 15) is 0 Å². The first-order chi connectivity index (χ1) is 8.81. The lowest BCUT2D eigenvalue weighted by Crippen LogP contribution is -2.44. The number of nitrogens with zero attached hydrogens (tertiary/aromatic N) is 2. The van der Waals surface area contributed by atoms with Gasteiger partial charge in [-0.05, 0) is 31.6 Å². The van der Waals surface area contributed by atoms with Crippen LogP contribution in [0.3, 0.4) is 0 Å². The van der Waals surface area contributed by atoms with Gasteiger partial charge >= 0.3 is 0 Å². The summed E-state index contributed by atoms with van der Waals surface area (Å²) in [6.07, 6.45) is 1.19. The van der Waals surface area contributed by atoms with Gasteiger partial charge in [0.1, 0.15) is 0 Å². The van der Waals surface area contributed by atoms with Crippen molar-refractivity contribution in [3.63, 3.8) is 0 Å². The summed E-state index contributed by atoms with van der Waals surface area (Å²) >= 11 is 0. The van der Waals surface area contributed by atoms with Crippen molar-refractivity contribution in [3.8, 4) is 0 Å². The van der Waals surface area contributed by atoms with Crippen molar-refractivity contribution >= 4 is 5.69 Å². The molecule has 0 aromatic heterocycles. The molecule has 1 heterocycles. The Morgan fingerprint density at radius 1 is 1.11 bits per heavy atom. The Kier molecular flexibility index (Phi) is 5.02. The van der Waals surface area contributed by atoms with E-state index in [0.29, 0.717) is 0 Å². The molecule has 18 heavy (non-hydrogen) atoms. The lowest BCUT2D eigenvalue weighted by Gasteiger charge is -2.35. The van der Waals surface area contributed by atoms with E-state index in [-0.39, 0.29) is 0 Å². The van der Waals surface area contributed by atoms with Crippen LogP contribution in [-0.4, -0.2) is 44.7 Å². The van der Waals surface area contributed by atoms with Crippen LogP contribution in [0.1, 0.15) is 18.9 Å². The van der Waals surface area contributed by atoms with Crippen molar-refractivity contribution in [1.29, 1.82) is 0 Å². The van der Waals surface area contributed by atoms with Gasteiger partial charge in [0, 0.05) is 38.4 Å². The minimum Gasteiger partial charge on any atom is -0.369 e. The highest BCUT2D eigenvalue weighted by Crippen LogP contribution is 2.21. The first-order valence-corrected chi connectivity index (χ1v) is 7.03. The average molecular weight is 247 g/mol. The van der Waals surface area contributed by atoms with Gasteiger partial charge in [-0.1, -0.05) is 25.1 Å². The number of piperazine rings is 1. The van der Waals surface area contributed by atoms with Gasteiger partial charge in [0.05, 0.1) is 0 Å². The molecule has 1 saturated heterocycles. The van der Waals surface area contributed by atoms with E-state index in [4.69, 9.17) is 0 Å². The van der Waals surface area contributed by atoms with Gasteiger partial charge in [0.15, 0.2) is 0 Å². The quantitative estimate of drug-likeness (QED) is 0.802. The Bertz CT molecular complexity index is 357. The third kappa shape index (κ3) is 3.47. The van der Waals surface area contributed by atoms with E-state index in [2.05, 4.69) is 53.4 Å². The molecule has 0 unspecified atom stereocenters. The number of hydrogen-bond acceptors (Lipinski definition) is 3. The van der Waals surface area contributed by atoms with Crippen molar-refractivity contribution in [3.05, 3.63) is 29.8 Å². The predicted octanol–water partition coefficient (Wildman–Crippen LogP) is 1.94. The number of likely N-dealkylation sites (N-methyl/N-ethyl adjacent to an activating group) is 1. The molecule has 100 valence electrons. The second kappa shape index (κ2) is 6.76. The lowest BCUT2D eigenvalue weighted by atomic mass is 10.1. The molecule has 1 aliphatic rings. The fourth-order valence-electron chi connectivity index (χ4n) is 2.42. The van der Waals surface area contributed by atoms with Crippen LogP contribution >= 0.6 is 0 Å². The van der Waals surface area contributed by atoms with Crippen LogP contribution in [-0.2, 0) is 6.54 Å². The van der Waals surface area contributed by atoms with Crippen molar-refractivity contribution in [2.45, 2.75) is 19.9 Å². The second-order valence-electron chi connectivity index (χ2n) is 5.10. The SMILES string of the molecule is CCCNCc1ccccc1N1CCN(C)CC1. The van der Waals surface area contributed by atoms with Gasteiger partial charge in [-0.2, -0.15) is 0 Å². The van der Waals surface area contributed by atoms with E-state index in [1.54, 1.807) is 0 Å². The number of anilines is 1. The fraction of sp³-hybridized carbons (Fsp3) is 0.600. The van der Waals surface area contributed by atoms with Crippen LogP contribution in [0.5, 0.6) is 0 Å². The molecule has 3 heteroatoms. The molecule has 1 aromatic rings.